The predicted molar refractivity (Wildman–Crippen MR) is 98.0 cm³/mol. The summed E-state index contributed by atoms with van der Waals surface area (Å²) in [6, 6.07) is 9.80. The fourth-order valence-electron chi connectivity index (χ4n) is 2.54. The number of hydrogen-bond donors (Lipinski definition) is 5. The van der Waals surface area contributed by atoms with E-state index >= 15 is 0 Å². The molecule has 0 saturated carbocycles. The third-order valence-corrected chi connectivity index (χ3v) is 4.17. The topological polar surface area (TPSA) is 101 Å². The van der Waals surface area contributed by atoms with E-state index in [-0.39, 0.29) is 29.6 Å². The number of phenols is 4. The van der Waals surface area contributed by atoms with Crippen LogP contribution in [0.25, 0.3) is 0 Å². The average molecular weight is 348 g/mol. The van der Waals surface area contributed by atoms with E-state index in [1.54, 1.807) is 19.1 Å². The highest BCUT2D eigenvalue weighted by molar-refractivity contribution is 5.41. The summed E-state index contributed by atoms with van der Waals surface area (Å²) >= 11 is 0. The van der Waals surface area contributed by atoms with Crippen molar-refractivity contribution in [1.29, 1.82) is 0 Å². The molecule has 0 radical (unpaired) electrons. The normalized spacial score (nSPS) is 12.8. The van der Waals surface area contributed by atoms with Crippen molar-refractivity contribution in [3.63, 3.8) is 0 Å². The monoisotopic (exact) mass is 348 g/mol. The molecule has 25 heavy (non-hydrogen) atoms. The molecule has 0 amide bonds. The van der Waals surface area contributed by atoms with Crippen LogP contribution in [0.1, 0.15) is 31.9 Å². The second-order valence-electron chi connectivity index (χ2n) is 6.33. The van der Waals surface area contributed by atoms with Gasteiger partial charge in [-0.3, -0.25) is 0 Å². The van der Waals surface area contributed by atoms with E-state index in [2.05, 4.69) is 13.8 Å². The van der Waals surface area contributed by atoms with Gasteiger partial charge in [-0.15, -0.1) is 0 Å². The molecular weight excluding hydrogens is 320 g/mol. The molecule has 0 bridgehead atoms. The van der Waals surface area contributed by atoms with Crippen molar-refractivity contribution in [2.45, 2.75) is 33.6 Å². The highest BCUT2D eigenvalue weighted by Crippen LogP contribution is 2.30. The third kappa shape index (κ3) is 6.55. The molecule has 2 atom stereocenters. The SMILES string of the molecule is CC(Cc1ccc(O)c(O)c1)C(C)Cc1ccc(O)c(O)c1.CCO. The van der Waals surface area contributed by atoms with Crippen LogP contribution in [0.2, 0.25) is 0 Å². The zero-order chi connectivity index (χ0) is 19.0. The third-order valence-electron chi connectivity index (χ3n) is 4.17. The molecule has 0 fully saturated rings. The van der Waals surface area contributed by atoms with E-state index < -0.39 is 0 Å². The molecular formula is C20H28O5. The van der Waals surface area contributed by atoms with Crippen LogP contribution in [0, 0.1) is 11.8 Å². The Morgan fingerprint density at radius 3 is 1.28 bits per heavy atom. The molecule has 0 saturated heterocycles. The lowest BCUT2D eigenvalue weighted by Gasteiger charge is -2.20. The van der Waals surface area contributed by atoms with Crippen LogP contribution in [0.4, 0.5) is 0 Å². The summed E-state index contributed by atoms with van der Waals surface area (Å²) in [5.74, 6) is 0.314. The van der Waals surface area contributed by atoms with Crippen molar-refractivity contribution in [2.75, 3.05) is 6.61 Å². The predicted octanol–water partition coefficient (Wildman–Crippen LogP) is 3.57. The molecule has 5 heteroatoms. The van der Waals surface area contributed by atoms with Gasteiger partial charge in [0.1, 0.15) is 0 Å². The molecule has 0 aliphatic carbocycles. The number of hydrogen-bond acceptors (Lipinski definition) is 5. The number of aromatic hydroxyl groups is 4. The van der Waals surface area contributed by atoms with E-state index in [1.165, 1.54) is 12.1 Å². The maximum Gasteiger partial charge on any atom is 0.157 e. The van der Waals surface area contributed by atoms with Crippen LogP contribution >= 0.6 is 0 Å². The highest BCUT2D eigenvalue weighted by Gasteiger charge is 2.15. The van der Waals surface area contributed by atoms with Crippen molar-refractivity contribution in [2.24, 2.45) is 11.8 Å². The first-order valence-corrected chi connectivity index (χ1v) is 8.41. The van der Waals surface area contributed by atoms with Gasteiger partial charge in [0.05, 0.1) is 0 Å². The van der Waals surface area contributed by atoms with E-state index in [1.807, 2.05) is 12.1 Å². The van der Waals surface area contributed by atoms with Crippen molar-refractivity contribution >= 4 is 0 Å². The van der Waals surface area contributed by atoms with Crippen LogP contribution in [-0.4, -0.2) is 32.1 Å². The van der Waals surface area contributed by atoms with E-state index in [0.717, 1.165) is 24.0 Å². The van der Waals surface area contributed by atoms with Gasteiger partial charge in [0.25, 0.3) is 0 Å². The molecule has 2 aromatic rings. The van der Waals surface area contributed by atoms with Gasteiger partial charge in [-0.25, -0.2) is 0 Å². The first-order chi connectivity index (χ1) is 11.8. The summed E-state index contributed by atoms with van der Waals surface area (Å²) in [5.41, 5.74) is 1.95. The Morgan fingerprint density at radius 1 is 0.680 bits per heavy atom. The Morgan fingerprint density at radius 2 is 1.00 bits per heavy atom. The molecule has 2 aromatic carbocycles. The Kier molecular flexibility index (Phi) is 8.08. The molecule has 0 aliphatic rings. The van der Waals surface area contributed by atoms with E-state index in [0.29, 0.717) is 11.8 Å². The number of rotatable bonds is 5. The largest absolute Gasteiger partial charge is 0.504 e. The highest BCUT2D eigenvalue weighted by atomic mass is 16.3. The van der Waals surface area contributed by atoms with Crippen LogP contribution in [0.5, 0.6) is 23.0 Å². The number of benzene rings is 2. The second-order valence-corrected chi connectivity index (χ2v) is 6.33. The van der Waals surface area contributed by atoms with Gasteiger partial charge in [0.2, 0.25) is 0 Å². The molecule has 138 valence electrons. The van der Waals surface area contributed by atoms with Crippen LogP contribution in [0.15, 0.2) is 36.4 Å². The summed E-state index contributed by atoms with van der Waals surface area (Å²) in [5, 5.41) is 45.3. The van der Waals surface area contributed by atoms with Gasteiger partial charge in [-0.2, -0.15) is 0 Å². The van der Waals surface area contributed by atoms with Crippen LogP contribution < -0.4 is 0 Å². The summed E-state index contributed by atoms with van der Waals surface area (Å²) < 4.78 is 0. The summed E-state index contributed by atoms with van der Waals surface area (Å²) in [6.07, 6.45) is 1.58. The quantitative estimate of drug-likeness (QED) is 0.532. The minimum atomic E-state index is -0.107. The zero-order valence-corrected chi connectivity index (χ0v) is 15.0. The first-order valence-electron chi connectivity index (χ1n) is 8.41. The Bertz CT molecular complexity index is 612. The van der Waals surface area contributed by atoms with E-state index in [9.17, 15) is 20.4 Å². The smallest absolute Gasteiger partial charge is 0.157 e. The van der Waals surface area contributed by atoms with Gasteiger partial charge in [-0.05, 0) is 67.0 Å². The molecule has 0 aliphatic heterocycles. The van der Waals surface area contributed by atoms with Gasteiger partial charge in [-0.1, -0.05) is 26.0 Å². The molecule has 5 nitrogen and oxygen atoms in total. The number of aliphatic hydroxyl groups is 1. The van der Waals surface area contributed by atoms with Crippen LogP contribution in [0.3, 0.4) is 0 Å². The molecule has 0 aromatic heterocycles. The number of aliphatic hydroxyl groups excluding tert-OH is 1. The van der Waals surface area contributed by atoms with Gasteiger partial charge >= 0.3 is 0 Å². The minimum absolute atomic E-state index is 0.0965. The fourth-order valence-corrected chi connectivity index (χ4v) is 2.54. The molecule has 0 heterocycles. The lowest BCUT2D eigenvalue weighted by molar-refractivity contribution is 0.318. The molecule has 2 rings (SSSR count). The molecule has 2 unspecified atom stereocenters. The van der Waals surface area contributed by atoms with Crippen molar-refractivity contribution in [3.05, 3.63) is 47.5 Å². The average Bonchev–Trinajstić information content (AvgIpc) is 2.55. The fraction of sp³-hybridized carbons (Fsp3) is 0.400. The maximum absolute atomic E-state index is 9.54. The van der Waals surface area contributed by atoms with Crippen molar-refractivity contribution < 1.29 is 25.5 Å². The Balaban J connectivity index is 0.000000970. The van der Waals surface area contributed by atoms with Gasteiger partial charge in [0, 0.05) is 6.61 Å². The Hall–Kier alpha value is -2.40. The van der Waals surface area contributed by atoms with E-state index in [4.69, 9.17) is 5.11 Å². The lowest BCUT2D eigenvalue weighted by Crippen LogP contribution is -2.13. The Labute approximate surface area is 148 Å². The second kappa shape index (κ2) is 9.79. The minimum Gasteiger partial charge on any atom is -0.504 e. The first kappa shape index (κ1) is 20.6. The van der Waals surface area contributed by atoms with Crippen molar-refractivity contribution in [1.82, 2.24) is 0 Å². The maximum atomic E-state index is 9.54. The van der Waals surface area contributed by atoms with Gasteiger partial charge < -0.3 is 25.5 Å². The molecule has 5 N–H and O–H groups in total. The number of phenolic OH excluding ortho intramolecular Hbond substituents is 4. The summed E-state index contributed by atoms with van der Waals surface area (Å²) in [4.78, 5) is 0. The lowest BCUT2D eigenvalue weighted by atomic mass is 9.85. The van der Waals surface area contributed by atoms with Gasteiger partial charge in [0.15, 0.2) is 23.0 Å². The standard InChI is InChI=1S/C18H22O4.C2H6O/c1-11(7-13-3-5-15(19)17(21)9-13)12(2)8-14-4-6-16(20)18(22)10-14;1-2-3/h3-6,9-12,19-22H,7-8H2,1-2H3;3H,2H2,1H3. The molecule has 0 spiro atoms. The summed E-state index contributed by atoms with van der Waals surface area (Å²) in [6.45, 7) is 6.20. The van der Waals surface area contributed by atoms with Crippen LogP contribution in [-0.2, 0) is 12.8 Å². The zero-order valence-electron chi connectivity index (χ0n) is 15.0. The summed E-state index contributed by atoms with van der Waals surface area (Å²) in [7, 11) is 0. The van der Waals surface area contributed by atoms with Crippen molar-refractivity contribution in [3.8, 4) is 23.0 Å².